The van der Waals surface area contributed by atoms with Crippen LogP contribution in [0.25, 0.3) is 0 Å². The van der Waals surface area contributed by atoms with Gasteiger partial charge in [-0.05, 0) is 24.6 Å². The molecular weight excluding hydrogens is 289 g/mol. The van der Waals surface area contributed by atoms with Gasteiger partial charge in [-0.3, -0.25) is 4.79 Å². The van der Waals surface area contributed by atoms with E-state index in [2.05, 4.69) is 10.6 Å². The third kappa shape index (κ3) is 2.55. The fourth-order valence-electron chi connectivity index (χ4n) is 2.83. The van der Waals surface area contributed by atoms with Crippen LogP contribution >= 0.6 is 0 Å². The number of nitrogens with one attached hydrogen (secondary N) is 2. The van der Waals surface area contributed by atoms with Crippen LogP contribution in [0.4, 0.5) is 9.18 Å². The minimum absolute atomic E-state index is 0.178. The minimum atomic E-state index is -0.689. The number of β-amino-alcohol motifs (C(OH)–C–C–N with tert-alkyl or cyclic N) is 1. The Morgan fingerprint density at radius 1 is 1.45 bits per heavy atom. The van der Waals surface area contributed by atoms with Gasteiger partial charge in [-0.1, -0.05) is 12.1 Å². The molecule has 0 saturated carbocycles. The van der Waals surface area contributed by atoms with Crippen molar-refractivity contribution >= 4 is 11.9 Å². The summed E-state index contributed by atoms with van der Waals surface area (Å²) in [6.45, 7) is 2.00. The molecule has 1 aromatic rings. The Labute approximate surface area is 126 Å². The number of amides is 3. The summed E-state index contributed by atoms with van der Waals surface area (Å²) in [5.41, 5.74) is 1.41. The standard InChI is InChI=1S/C15H16FN3O3/c1-8(20)6-19-7-11-12(14(19)21)13(18-15(22)17-11)9-3-2-4-10(16)5-9/h2-5,8,13,20H,6-7H2,1H3,(H2,17,18,22). The van der Waals surface area contributed by atoms with Gasteiger partial charge >= 0.3 is 6.03 Å². The molecule has 3 N–H and O–H groups in total. The van der Waals surface area contributed by atoms with Crippen molar-refractivity contribution in [3.05, 3.63) is 46.9 Å². The predicted octanol–water partition coefficient (Wildman–Crippen LogP) is 0.657. The number of hydrogen-bond acceptors (Lipinski definition) is 3. The minimum Gasteiger partial charge on any atom is -0.392 e. The summed E-state index contributed by atoms with van der Waals surface area (Å²) < 4.78 is 13.4. The van der Waals surface area contributed by atoms with E-state index in [9.17, 15) is 19.1 Å². The smallest absolute Gasteiger partial charge is 0.319 e. The van der Waals surface area contributed by atoms with E-state index in [1.54, 1.807) is 13.0 Å². The van der Waals surface area contributed by atoms with Crippen LogP contribution in [0.1, 0.15) is 18.5 Å². The molecule has 0 aromatic heterocycles. The van der Waals surface area contributed by atoms with E-state index in [1.165, 1.54) is 23.1 Å². The first-order chi connectivity index (χ1) is 10.5. The molecular formula is C15H16FN3O3. The maximum atomic E-state index is 13.4. The SMILES string of the molecule is CC(O)CN1CC2=C(C1=O)C(c1cccc(F)c1)NC(=O)N2. The van der Waals surface area contributed by atoms with Gasteiger partial charge in [0.15, 0.2) is 0 Å². The van der Waals surface area contributed by atoms with Gasteiger partial charge in [0, 0.05) is 6.54 Å². The van der Waals surface area contributed by atoms with Crippen LogP contribution in [-0.4, -0.2) is 41.1 Å². The van der Waals surface area contributed by atoms with E-state index >= 15 is 0 Å². The van der Waals surface area contributed by atoms with Crippen molar-refractivity contribution in [3.8, 4) is 0 Å². The van der Waals surface area contributed by atoms with E-state index in [0.717, 1.165) is 0 Å². The van der Waals surface area contributed by atoms with Gasteiger partial charge in [-0.25, -0.2) is 9.18 Å². The molecule has 1 aromatic carbocycles. The van der Waals surface area contributed by atoms with E-state index in [-0.39, 0.29) is 19.0 Å². The molecule has 2 heterocycles. The molecule has 7 heteroatoms. The third-order valence-corrected chi connectivity index (χ3v) is 3.69. The molecule has 3 rings (SSSR count). The van der Waals surface area contributed by atoms with Crippen LogP contribution in [0.2, 0.25) is 0 Å². The fourth-order valence-corrected chi connectivity index (χ4v) is 2.83. The highest BCUT2D eigenvalue weighted by Crippen LogP contribution is 2.32. The van der Waals surface area contributed by atoms with Gasteiger partial charge in [0.1, 0.15) is 5.82 Å². The molecule has 22 heavy (non-hydrogen) atoms. The zero-order valence-electron chi connectivity index (χ0n) is 12.0. The Balaban J connectivity index is 1.96. The highest BCUT2D eigenvalue weighted by Gasteiger charge is 2.40. The number of halogens is 1. The number of hydrogen-bond donors (Lipinski definition) is 3. The summed E-state index contributed by atoms with van der Waals surface area (Å²) >= 11 is 0. The topological polar surface area (TPSA) is 81.7 Å². The average Bonchev–Trinajstić information content (AvgIpc) is 2.73. The molecule has 116 valence electrons. The van der Waals surface area contributed by atoms with Crippen molar-refractivity contribution in [2.75, 3.05) is 13.1 Å². The maximum absolute atomic E-state index is 13.4. The highest BCUT2D eigenvalue weighted by atomic mass is 19.1. The van der Waals surface area contributed by atoms with Gasteiger partial charge in [0.25, 0.3) is 5.91 Å². The zero-order chi connectivity index (χ0) is 15.9. The first-order valence-corrected chi connectivity index (χ1v) is 6.99. The molecule has 0 aliphatic carbocycles. The molecule has 2 aliphatic rings. The predicted molar refractivity (Wildman–Crippen MR) is 76.1 cm³/mol. The fraction of sp³-hybridized carbons (Fsp3) is 0.333. The summed E-state index contributed by atoms with van der Waals surface area (Å²) in [7, 11) is 0. The van der Waals surface area contributed by atoms with Gasteiger partial charge in [0.05, 0.1) is 30.0 Å². The van der Waals surface area contributed by atoms with E-state index in [1.807, 2.05) is 0 Å². The highest BCUT2D eigenvalue weighted by molar-refractivity contribution is 6.01. The summed E-state index contributed by atoms with van der Waals surface area (Å²) in [5, 5.41) is 14.7. The van der Waals surface area contributed by atoms with E-state index in [0.29, 0.717) is 16.8 Å². The lowest BCUT2D eigenvalue weighted by molar-refractivity contribution is -0.126. The summed E-state index contributed by atoms with van der Waals surface area (Å²) in [5.74, 6) is -0.698. The monoisotopic (exact) mass is 305 g/mol. The first kappa shape index (κ1) is 14.5. The molecule has 6 nitrogen and oxygen atoms in total. The molecule has 0 spiro atoms. The summed E-state index contributed by atoms with van der Waals surface area (Å²) in [6, 6.07) is 4.68. The number of aliphatic hydroxyl groups is 1. The van der Waals surface area contributed by atoms with Crippen molar-refractivity contribution in [2.45, 2.75) is 19.1 Å². The zero-order valence-corrected chi connectivity index (χ0v) is 12.0. The number of benzene rings is 1. The molecule has 0 bridgehead atoms. The van der Waals surface area contributed by atoms with E-state index in [4.69, 9.17) is 0 Å². The Bertz CT molecular complexity index is 672. The largest absolute Gasteiger partial charge is 0.392 e. The van der Waals surface area contributed by atoms with Crippen LogP contribution in [0, 0.1) is 5.82 Å². The second-order valence-corrected chi connectivity index (χ2v) is 5.51. The summed E-state index contributed by atoms with van der Waals surface area (Å²) in [6.07, 6.45) is -0.665. The number of aliphatic hydroxyl groups excluding tert-OH is 1. The second kappa shape index (κ2) is 5.42. The number of rotatable bonds is 3. The summed E-state index contributed by atoms with van der Waals surface area (Å²) in [4.78, 5) is 25.8. The van der Waals surface area contributed by atoms with Crippen molar-refractivity contribution in [1.82, 2.24) is 15.5 Å². The van der Waals surface area contributed by atoms with Gasteiger partial charge in [-0.15, -0.1) is 0 Å². The number of carbonyl (C=O) groups is 2. The normalized spacial score (nSPS) is 22.3. The van der Waals surface area contributed by atoms with Crippen molar-refractivity contribution in [1.29, 1.82) is 0 Å². The lowest BCUT2D eigenvalue weighted by Gasteiger charge is -2.25. The lowest BCUT2D eigenvalue weighted by atomic mass is 9.96. The molecule has 3 amide bonds. The van der Waals surface area contributed by atoms with Crippen LogP contribution in [-0.2, 0) is 4.79 Å². The molecule has 0 saturated heterocycles. The van der Waals surface area contributed by atoms with Crippen molar-refractivity contribution in [2.24, 2.45) is 0 Å². The Morgan fingerprint density at radius 3 is 2.91 bits per heavy atom. The van der Waals surface area contributed by atoms with Crippen LogP contribution in [0.5, 0.6) is 0 Å². The number of carbonyl (C=O) groups excluding carboxylic acids is 2. The molecule has 0 fully saturated rings. The lowest BCUT2D eigenvalue weighted by Crippen LogP contribution is -2.44. The third-order valence-electron chi connectivity index (χ3n) is 3.69. The van der Waals surface area contributed by atoms with Crippen LogP contribution < -0.4 is 10.6 Å². The van der Waals surface area contributed by atoms with Gasteiger partial charge in [0.2, 0.25) is 0 Å². The van der Waals surface area contributed by atoms with Gasteiger partial charge < -0.3 is 20.6 Å². The maximum Gasteiger partial charge on any atom is 0.319 e. The Hall–Kier alpha value is -2.41. The van der Waals surface area contributed by atoms with Crippen LogP contribution in [0.15, 0.2) is 35.5 Å². The van der Waals surface area contributed by atoms with Crippen molar-refractivity contribution < 1.29 is 19.1 Å². The Morgan fingerprint density at radius 2 is 2.23 bits per heavy atom. The molecule has 0 radical (unpaired) electrons. The quantitative estimate of drug-likeness (QED) is 0.767. The number of urea groups is 1. The van der Waals surface area contributed by atoms with Crippen molar-refractivity contribution in [3.63, 3.8) is 0 Å². The molecule has 2 unspecified atom stereocenters. The average molecular weight is 305 g/mol. The molecule has 2 aliphatic heterocycles. The first-order valence-electron chi connectivity index (χ1n) is 6.99. The van der Waals surface area contributed by atoms with E-state index < -0.39 is 24.0 Å². The second-order valence-electron chi connectivity index (χ2n) is 5.51. The van der Waals surface area contributed by atoms with Gasteiger partial charge in [-0.2, -0.15) is 0 Å². The number of nitrogens with zero attached hydrogens (tertiary/aromatic N) is 1. The molecule has 2 atom stereocenters. The van der Waals surface area contributed by atoms with Crippen LogP contribution in [0.3, 0.4) is 0 Å². The Kier molecular flexibility index (Phi) is 3.58.